The zero-order chi connectivity index (χ0) is 14.4. The van der Waals surface area contributed by atoms with E-state index >= 15 is 0 Å². The number of benzene rings is 1. The highest BCUT2D eigenvalue weighted by Crippen LogP contribution is 2.26. The molecule has 1 unspecified atom stereocenters. The van der Waals surface area contributed by atoms with E-state index < -0.39 is 0 Å². The number of amides is 1. The van der Waals surface area contributed by atoms with Crippen molar-refractivity contribution in [1.82, 2.24) is 5.32 Å². The third kappa shape index (κ3) is 4.49. The van der Waals surface area contributed by atoms with E-state index in [1.54, 1.807) is 0 Å². The van der Waals surface area contributed by atoms with Crippen LogP contribution in [0.4, 0.5) is 0 Å². The molecule has 1 saturated heterocycles. The van der Waals surface area contributed by atoms with Crippen LogP contribution in [0.25, 0.3) is 0 Å². The minimum absolute atomic E-state index is 0.0246. The molecule has 0 radical (unpaired) electrons. The SMILES string of the molecule is CCc1ccc(OCC(=O)NCC2CCCO2)c(Br)c1. The number of rotatable bonds is 6. The van der Waals surface area contributed by atoms with Crippen molar-refractivity contribution in [3.63, 3.8) is 0 Å². The third-order valence-corrected chi connectivity index (χ3v) is 3.93. The molecule has 1 aliphatic rings. The number of carbonyl (C=O) groups is 1. The van der Waals surface area contributed by atoms with Crippen LogP contribution in [0.15, 0.2) is 22.7 Å². The van der Waals surface area contributed by atoms with Gasteiger partial charge in [0.05, 0.1) is 10.6 Å². The summed E-state index contributed by atoms with van der Waals surface area (Å²) in [5, 5.41) is 2.83. The monoisotopic (exact) mass is 341 g/mol. The van der Waals surface area contributed by atoms with Crippen LogP contribution in [0.2, 0.25) is 0 Å². The lowest BCUT2D eigenvalue weighted by atomic mass is 10.2. The number of carbonyl (C=O) groups excluding carboxylic acids is 1. The average Bonchev–Trinajstić information content (AvgIpc) is 2.97. The first-order chi connectivity index (χ1) is 9.69. The van der Waals surface area contributed by atoms with Crippen LogP contribution in [-0.4, -0.2) is 31.8 Å². The molecule has 0 aromatic heterocycles. The highest BCUT2D eigenvalue weighted by atomic mass is 79.9. The zero-order valence-corrected chi connectivity index (χ0v) is 13.2. The summed E-state index contributed by atoms with van der Waals surface area (Å²) in [4.78, 5) is 11.7. The van der Waals surface area contributed by atoms with Crippen molar-refractivity contribution in [2.24, 2.45) is 0 Å². The van der Waals surface area contributed by atoms with Crippen LogP contribution in [0.1, 0.15) is 25.3 Å². The van der Waals surface area contributed by atoms with Crippen molar-refractivity contribution in [1.29, 1.82) is 0 Å². The molecular formula is C15H20BrNO3. The molecule has 0 aliphatic carbocycles. The van der Waals surface area contributed by atoms with Gasteiger partial charge in [0.2, 0.25) is 0 Å². The van der Waals surface area contributed by atoms with Gasteiger partial charge >= 0.3 is 0 Å². The Morgan fingerprint density at radius 1 is 1.55 bits per heavy atom. The fourth-order valence-electron chi connectivity index (χ4n) is 2.11. The number of nitrogens with one attached hydrogen (secondary N) is 1. The first kappa shape index (κ1) is 15.3. The van der Waals surface area contributed by atoms with Gasteiger partial charge in [-0.2, -0.15) is 0 Å². The van der Waals surface area contributed by atoms with Crippen molar-refractivity contribution in [3.8, 4) is 5.75 Å². The molecule has 1 heterocycles. The Hall–Kier alpha value is -1.07. The first-order valence-corrected chi connectivity index (χ1v) is 7.78. The van der Waals surface area contributed by atoms with Crippen molar-refractivity contribution in [2.45, 2.75) is 32.3 Å². The number of hydrogen-bond acceptors (Lipinski definition) is 3. The molecule has 1 aliphatic heterocycles. The van der Waals surface area contributed by atoms with Crippen LogP contribution in [0.3, 0.4) is 0 Å². The van der Waals surface area contributed by atoms with Crippen LogP contribution < -0.4 is 10.1 Å². The molecular weight excluding hydrogens is 322 g/mol. The smallest absolute Gasteiger partial charge is 0.258 e. The highest BCUT2D eigenvalue weighted by molar-refractivity contribution is 9.10. The van der Waals surface area contributed by atoms with E-state index in [1.165, 1.54) is 5.56 Å². The fourth-order valence-corrected chi connectivity index (χ4v) is 2.65. The second-order valence-corrected chi connectivity index (χ2v) is 5.70. The normalized spacial score (nSPS) is 18.0. The molecule has 1 atom stereocenters. The largest absolute Gasteiger partial charge is 0.483 e. The average molecular weight is 342 g/mol. The Morgan fingerprint density at radius 2 is 2.40 bits per heavy atom. The lowest BCUT2D eigenvalue weighted by Gasteiger charge is -2.12. The molecule has 4 nitrogen and oxygen atoms in total. The second-order valence-electron chi connectivity index (χ2n) is 4.85. The molecule has 1 N–H and O–H groups in total. The van der Waals surface area contributed by atoms with Crippen molar-refractivity contribution < 1.29 is 14.3 Å². The molecule has 0 bridgehead atoms. The van der Waals surface area contributed by atoms with Gasteiger partial charge in [-0.1, -0.05) is 13.0 Å². The van der Waals surface area contributed by atoms with Crippen LogP contribution in [-0.2, 0) is 16.0 Å². The van der Waals surface area contributed by atoms with Gasteiger partial charge in [0.25, 0.3) is 5.91 Å². The predicted octanol–water partition coefficient (Wildman–Crippen LogP) is 2.69. The van der Waals surface area contributed by atoms with Gasteiger partial charge in [0.1, 0.15) is 5.75 Å². The summed E-state index contributed by atoms with van der Waals surface area (Å²) in [6, 6.07) is 5.90. The van der Waals surface area contributed by atoms with E-state index in [2.05, 4.69) is 28.2 Å². The Bertz CT molecular complexity index is 458. The van der Waals surface area contributed by atoms with E-state index in [0.29, 0.717) is 12.3 Å². The molecule has 1 aromatic carbocycles. The molecule has 1 amide bonds. The van der Waals surface area contributed by atoms with E-state index in [4.69, 9.17) is 9.47 Å². The first-order valence-electron chi connectivity index (χ1n) is 6.98. The summed E-state index contributed by atoms with van der Waals surface area (Å²) in [6.45, 7) is 3.49. The molecule has 0 saturated carbocycles. The van der Waals surface area contributed by atoms with E-state index in [9.17, 15) is 4.79 Å². The maximum atomic E-state index is 11.7. The number of aryl methyl sites for hydroxylation is 1. The molecule has 2 rings (SSSR count). The standard InChI is InChI=1S/C15H20BrNO3/c1-2-11-5-6-14(13(16)8-11)20-10-15(18)17-9-12-4-3-7-19-12/h5-6,8,12H,2-4,7,9-10H2,1H3,(H,17,18). The maximum Gasteiger partial charge on any atom is 0.258 e. The summed E-state index contributed by atoms with van der Waals surface area (Å²) in [6.07, 6.45) is 3.23. The van der Waals surface area contributed by atoms with Gasteiger partial charge < -0.3 is 14.8 Å². The van der Waals surface area contributed by atoms with Gasteiger partial charge in [0, 0.05) is 13.2 Å². The Kier molecular flexibility index (Phi) is 5.86. The third-order valence-electron chi connectivity index (χ3n) is 3.31. The Labute approximate surface area is 128 Å². The summed E-state index contributed by atoms with van der Waals surface area (Å²) in [7, 11) is 0. The number of hydrogen-bond donors (Lipinski definition) is 1. The zero-order valence-electron chi connectivity index (χ0n) is 11.7. The van der Waals surface area contributed by atoms with Gasteiger partial charge in [-0.25, -0.2) is 0 Å². The summed E-state index contributed by atoms with van der Waals surface area (Å²) >= 11 is 3.45. The highest BCUT2D eigenvalue weighted by Gasteiger charge is 2.16. The van der Waals surface area contributed by atoms with Gasteiger partial charge in [0.15, 0.2) is 6.61 Å². The Morgan fingerprint density at radius 3 is 3.05 bits per heavy atom. The van der Waals surface area contributed by atoms with Crippen LogP contribution in [0.5, 0.6) is 5.75 Å². The van der Waals surface area contributed by atoms with E-state index in [0.717, 1.165) is 30.3 Å². The summed E-state index contributed by atoms with van der Waals surface area (Å²) in [5.74, 6) is 0.571. The summed E-state index contributed by atoms with van der Waals surface area (Å²) in [5.41, 5.74) is 1.23. The maximum absolute atomic E-state index is 11.7. The molecule has 1 aromatic rings. The number of halogens is 1. The minimum atomic E-state index is -0.119. The summed E-state index contributed by atoms with van der Waals surface area (Å²) < 4.78 is 11.8. The quantitative estimate of drug-likeness (QED) is 0.865. The fraction of sp³-hybridized carbons (Fsp3) is 0.533. The van der Waals surface area contributed by atoms with Crippen molar-refractivity contribution in [2.75, 3.05) is 19.8 Å². The van der Waals surface area contributed by atoms with Gasteiger partial charge in [-0.15, -0.1) is 0 Å². The second kappa shape index (κ2) is 7.64. The molecule has 1 fully saturated rings. The molecule has 20 heavy (non-hydrogen) atoms. The van der Waals surface area contributed by atoms with Gasteiger partial charge in [-0.05, 0) is 52.9 Å². The van der Waals surface area contributed by atoms with Crippen molar-refractivity contribution in [3.05, 3.63) is 28.2 Å². The van der Waals surface area contributed by atoms with E-state index in [1.807, 2.05) is 18.2 Å². The number of ether oxygens (including phenoxy) is 2. The molecule has 5 heteroatoms. The van der Waals surface area contributed by atoms with Crippen LogP contribution >= 0.6 is 15.9 Å². The van der Waals surface area contributed by atoms with Gasteiger partial charge in [-0.3, -0.25) is 4.79 Å². The predicted molar refractivity (Wildman–Crippen MR) is 81.0 cm³/mol. The lowest BCUT2D eigenvalue weighted by molar-refractivity contribution is -0.123. The Balaban J connectivity index is 1.75. The topological polar surface area (TPSA) is 47.6 Å². The minimum Gasteiger partial charge on any atom is -0.483 e. The molecule has 110 valence electrons. The lowest BCUT2D eigenvalue weighted by Crippen LogP contribution is -2.35. The van der Waals surface area contributed by atoms with Crippen LogP contribution in [0, 0.1) is 0 Å². The van der Waals surface area contributed by atoms with E-state index in [-0.39, 0.29) is 18.6 Å². The molecule has 0 spiro atoms. The van der Waals surface area contributed by atoms with Crippen molar-refractivity contribution >= 4 is 21.8 Å².